The van der Waals surface area contributed by atoms with Crippen molar-refractivity contribution in [3.63, 3.8) is 0 Å². The zero-order chi connectivity index (χ0) is 23.2. The van der Waals surface area contributed by atoms with Crippen LogP contribution in [0.5, 0.6) is 11.5 Å². The molecule has 0 heterocycles. The van der Waals surface area contributed by atoms with Gasteiger partial charge in [0.2, 0.25) is 0 Å². The van der Waals surface area contributed by atoms with E-state index in [1.54, 1.807) is 12.1 Å². The number of unbranched alkanes of at least 4 members (excludes halogenated alkanes) is 5. The van der Waals surface area contributed by atoms with Crippen LogP contribution in [-0.2, 0) is 4.79 Å². The Hall–Kier alpha value is -3.26. The zero-order valence-corrected chi connectivity index (χ0v) is 19.4. The van der Waals surface area contributed by atoms with Gasteiger partial charge in [-0.3, -0.25) is 4.79 Å². The Kier molecular flexibility index (Phi) is 10.9. The van der Waals surface area contributed by atoms with Crippen molar-refractivity contribution >= 4 is 17.7 Å². The molecule has 0 spiro atoms. The molecular weight excluding hydrogens is 400 g/mol. The highest BCUT2D eigenvalue weighted by Crippen LogP contribution is 2.30. The summed E-state index contributed by atoms with van der Waals surface area (Å²) in [5, 5.41) is 12.3. The first-order valence-corrected chi connectivity index (χ1v) is 11.5. The summed E-state index contributed by atoms with van der Waals surface area (Å²) in [7, 11) is 0. The minimum Gasteiger partial charge on any atom is -0.490 e. The molecular formula is C27H34N2O3. The summed E-state index contributed by atoms with van der Waals surface area (Å²) in [5.74, 6) is 0.854. The minimum absolute atomic E-state index is 0.0245. The SMILES string of the molecule is CCCCCCCCOc1ccc(/C=C(/C#N)C(=O)Nc2ccccc2C)cc1OCC. The lowest BCUT2D eigenvalue weighted by Crippen LogP contribution is -2.14. The van der Waals surface area contributed by atoms with E-state index in [1.807, 2.05) is 56.3 Å². The van der Waals surface area contributed by atoms with Gasteiger partial charge >= 0.3 is 0 Å². The first-order valence-electron chi connectivity index (χ1n) is 11.5. The summed E-state index contributed by atoms with van der Waals surface area (Å²) in [6.45, 7) is 7.18. The maximum Gasteiger partial charge on any atom is 0.266 e. The highest BCUT2D eigenvalue weighted by atomic mass is 16.5. The molecule has 0 atom stereocenters. The number of aryl methyl sites for hydroxylation is 1. The summed E-state index contributed by atoms with van der Waals surface area (Å²) in [5.41, 5.74) is 2.35. The number of hydrogen-bond donors (Lipinski definition) is 1. The van der Waals surface area contributed by atoms with Crippen LogP contribution in [0.15, 0.2) is 48.0 Å². The van der Waals surface area contributed by atoms with Crippen LogP contribution in [0.25, 0.3) is 6.08 Å². The number of nitrogens with zero attached hydrogens (tertiary/aromatic N) is 1. The number of ether oxygens (including phenoxy) is 2. The zero-order valence-electron chi connectivity index (χ0n) is 19.4. The van der Waals surface area contributed by atoms with Crippen LogP contribution in [0.2, 0.25) is 0 Å². The lowest BCUT2D eigenvalue weighted by atomic mass is 10.1. The van der Waals surface area contributed by atoms with E-state index >= 15 is 0 Å². The Morgan fingerprint density at radius 3 is 2.47 bits per heavy atom. The molecule has 170 valence electrons. The second kappa shape index (κ2) is 13.9. The van der Waals surface area contributed by atoms with E-state index in [2.05, 4.69) is 12.2 Å². The number of benzene rings is 2. The fourth-order valence-electron chi connectivity index (χ4n) is 3.28. The third-order valence-electron chi connectivity index (χ3n) is 5.09. The van der Waals surface area contributed by atoms with Crippen LogP contribution in [0.3, 0.4) is 0 Å². The number of amides is 1. The minimum atomic E-state index is -0.442. The largest absolute Gasteiger partial charge is 0.490 e. The molecule has 32 heavy (non-hydrogen) atoms. The maximum absolute atomic E-state index is 12.6. The molecule has 0 aliphatic carbocycles. The number of hydrogen-bond acceptors (Lipinski definition) is 4. The Morgan fingerprint density at radius 2 is 1.75 bits per heavy atom. The summed E-state index contributed by atoms with van der Waals surface area (Å²) in [4.78, 5) is 12.6. The number of nitriles is 1. The molecule has 2 aromatic carbocycles. The predicted octanol–water partition coefficient (Wildman–Crippen LogP) is 6.68. The standard InChI is InChI=1S/C27H34N2O3/c1-4-6-7-8-9-12-17-32-25-16-15-22(19-26(25)31-5-2)18-23(20-28)27(30)29-24-14-11-10-13-21(24)3/h10-11,13-16,18-19H,4-9,12,17H2,1-3H3,(H,29,30)/b23-18-. The van der Waals surface area contributed by atoms with Gasteiger partial charge in [-0.05, 0) is 55.7 Å². The number of rotatable bonds is 13. The molecule has 0 unspecified atom stereocenters. The van der Waals surface area contributed by atoms with Gasteiger partial charge in [-0.2, -0.15) is 5.26 Å². The molecule has 2 aromatic rings. The van der Waals surface area contributed by atoms with E-state index in [0.29, 0.717) is 36.0 Å². The molecule has 0 aromatic heterocycles. The normalized spacial score (nSPS) is 11.0. The second-order valence-corrected chi connectivity index (χ2v) is 7.69. The van der Waals surface area contributed by atoms with Crippen molar-refractivity contribution in [2.24, 2.45) is 0 Å². The van der Waals surface area contributed by atoms with Crippen molar-refractivity contribution < 1.29 is 14.3 Å². The first-order chi connectivity index (χ1) is 15.6. The van der Waals surface area contributed by atoms with E-state index in [1.165, 1.54) is 25.7 Å². The van der Waals surface area contributed by atoms with Crippen molar-refractivity contribution in [3.8, 4) is 17.6 Å². The van der Waals surface area contributed by atoms with Crippen molar-refractivity contribution in [3.05, 3.63) is 59.2 Å². The van der Waals surface area contributed by atoms with Gasteiger partial charge in [0, 0.05) is 5.69 Å². The molecule has 0 radical (unpaired) electrons. The fourth-order valence-corrected chi connectivity index (χ4v) is 3.28. The van der Waals surface area contributed by atoms with Crippen molar-refractivity contribution in [2.75, 3.05) is 18.5 Å². The average Bonchev–Trinajstić information content (AvgIpc) is 2.79. The number of anilines is 1. The van der Waals surface area contributed by atoms with Gasteiger partial charge in [0.15, 0.2) is 11.5 Å². The number of carbonyl (C=O) groups is 1. The van der Waals surface area contributed by atoms with Crippen LogP contribution < -0.4 is 14.8 Å². The van der Waals surface area contributed by atoms with Crippen molar-refractivity contribution in [1.29, 1.82) is 5.26 Å². The second-order valence-electron chi connectivity index (χ2n) is 7.69. The number of nitrogens with one attached hydrogen (secondary N) is 1. The Balaban J connectivity index is 2.05. The van der Waals surface area contributed by atoms with E-state index in [-0.39, 0.29) is 5.57 Å². The molecule has 0 saturated heterocycles. The fraction of sp³-hybridized carbons (Fsp3) is 0.407. The Labute approximate surface area is 192 Å². The smallest absolute Gasteiger partial charge is 0.266 e. The number of carbonyl (C=O) groups excluding carboxylic acids is 1. The van der Waals surface area contributed by atoms with Gasteiger partial charge in [-0.25, -0.2) is 0 Å². The third-order valence-corrected chi connectivity index (χ3v) is 5.09. The van der Waals surface area contributed by atoms with Crippen LogP contribution in [0.1, 0.15) is 63.5 Å². The molecule has 2 rings (SSSR count). The molecule has 0 aliphatic heterocycles. The highest BCUT2D eigenvalue weighted by molar-refractivity contribution is 6.10. The topological polar surface area (TPSA) is 71.3 Å². The van der Waals surface area contributed by atoms with Gasteiger partial charge in [-0.15, -0.1) is 0 Å². The van der Waals surface area contributed by atoms with Crippen molar-refractivity contribution in [2.45, 2.75) is 59.3 Å². The monoisotopic (exact) mass is 434 g/mol. The van der Waals surface area contributed by atoms with E-state index in [4.69, 9.17) is 9.47 Å². The molecule has 5 heteroatoms. The number of para-hydroxylation sites is 1. The molecule has 0 saturated carbocycles. The summed E-state index contributed by atoms with van der Waals surface area (Å²) >= 11 is 0. The molecule has 0 fully saturated rings. The first kappa shape index (κ1) is 25.0. The lowest BCUT2D eigenvalue weighted by Gasteiger charge is -2.13. The van der Waals surface area contributed by atoms with Gasteiger partial charge in [0.25, 0.3) is 5.91 Å². The van der Waals surface area contributed by atoms with Crippen LogP contribution >= 0.6 is 0 Å². The van der Waals surface area contributed by atoms with Gasteiger partial charge in [0.1, 0.15) is 11.6 Å². The summed E-state index contributed by atoms with van der Waals surface area (Å²) in [6.07, 6.45) is 8.78. The van der Waals surface area contributed by atoms with Gasteiger partial charge in [-0.1, -0.05) is 63.3 Å². The average molecular weight is 435 g/mol. The predicted molar refractivity (Wildman–Crippen MR) is 130 cm³/mol. The quantitative estimate of drug-likeness (QED) is 0.217. The Bertz CT molecular complexity index is 944. The van der Waals surface area contributed by atoms with Crippen LogP contribution in [-0.4, -0.2) is 19.1 Å². The van der Waals surface area contributed by atoms with Crippen LogP contribution in [0.4, 0.5) is 5.69 Å². The molecule has 0 aliphatic rings. The highest BCUT2D eigenvalue weighted by Gasteiger charge is 2.12. The van der Waals surface area contributed by atoms with E-state index < -0.39 is 5.91 Å². The molecule has 1 amide bonds. The third kappa shape index (κ3) is 8.11. The van der Waals surface area contributed by atoms with E-state index in [0.717, 1.165) is 18.4 Å². The van der Waals surface area contributed by atoms with Crippen LogP contribution in [0, 0.1) is 18.3 Å². The van der Waals surface area contributed by atoms with Gasteiger partial charge in [0.05, 0.1) is 13.2 Å². The van der Waals surface area contributed by atoms with E-state index in [9.17, 15) is 10.1 Å². The lowest BCUT2D eigenvalue weighted by molar-refractivity contribution is -0.112. The molecule has 0 bridgehead atoms. The Morgan fingerprint density at radius 1 is 1.00 bits per heavy atom. The van der Waals surface area contributed by atoms with Gasteiger partial charge < -0.3 is 14.8 Å². The molecule has 5 nitrogen and oxygen atoms in total. The maximum atomic E-state index is 12.6. The molecule has 1 N–H and O–H groups in total. The summed E-state index contributed by atoms with van der Waals surface area (Å²) < 4.78 is 11.7. The van der Waals surface area contributed by atoms with Crippen molar-refractivity contribution in [1.82, 2.24) is 0 Å². The summed E-state index contributed by atoms with van der Waals surface area (Å²) in [6, 6.07) is 14.9.